The molecule has 0 saturated carbocycles. The Morgan fingerprint density at radius 2 is 2.25 bits per heavy atom. The number of rotatable bonds is 6. The number of halogens is 1. The lowest BCUT2D eigenvalue weighted by molar-refractivity contribution is 0.190. The van der Waals surface area contributed by atoms with E-state index >= 15 is 0 Å². The molecular weight excluding hydrogens is 226 g/mol. The third-order valence-electron chi connectivity index (χ3n) is 2.08. The van der Waals surface area contributed by atoms with Gasteiger partial charge >= 0.3 is 0 Å². The van der Waals surface area contributed by atoms with Crippen LogP contribution < -0.4 is 10.1 Å². The molecule has 0 radical (unpaired) electrons. The van der Waals surface area contributed by atoms with E-state index in [0.29, 0.717) is 24.7 Å². The lowest BCUT2D eigenvalue weighted by Gasteiger charge is -2.12. The predicted octanol–water partition coefficient (Wildman–Crippen LogP) is 2.21. The van der Waals surface area contributed by atoms with Crippen molar-refractivity contribution in [2.75, 3.05) is 13.2 Å². The van der Waals surface area contributed by atoms with Crippen molar-refractivity contribution in [2.45, 2.75) is 26.5 Å². The van der Waals surface area contributed by atoms with Gasteiger partial charge in [0.2, 0.25) is 0 Å². The van der Waals surface area contributed by atoms with Crippen LogP contribution in [0.25, 0.3) is 0 Å². The fourth-order valence-corrected chi connectivity index (χ4v) is 1.59. The Morgan fingerprint density at radius 1 is 1.50 bits per heavy atom. The quantitative estimate of drug-likeness (QED) is 0.805. The van der Waals surface area contributed by atoms with Gasteiger partial charge in [-0.1, -0.05) is 11.6 Å². The topological polar surface area (TPSA) is 41.5 Å². The van der Waals surface area contributed by atoms with E-state index in [1.165, 1.54) is 0 Å². The summed E-state index contributed by atoms with van der Waals surface area (Å²) in [6.07, 6.45) is -0.352. The summed E-state index contributed by atoms with van der Waals surface area (Å²) in [5.74, 6) is 0.838. The third-order valence-corrected chi connectivity index (χ3v) is 2.31. The van der Waals surface area contributed by atoms with E-state index in [9.17, 15) is 0 Å². The molecule has 1 aromatic carbocycles. The molecule has 0 amide bonds. The number of nitrogens with one attached hydrogen (secondary N) is 1. The van der Waals surface area contributed by atoms with Crippen LogP contribution >= 0.6 is 11.6 Å². The summed E-state index contributed by atoms with van der Waals surface area (Å²) in [5.41, 5.74) is 1.01. The summed E-state index contributed by atoms with van der Waals surface area (Å²) >= 11 is 5.93. The van der Waals surface area contributed by atoms with Gasteiger partial charge in [0.15, 0.2) is 0 Å². The van der Waals surface area contributed by atoms with Gasteiger partial charge in [0.1, 0.15) is 5.75 Å². The molecular formula is C12H18ClNO2. The van der Waals surface area contributed by atoms with Gasteiger partial charge in [-0.3, -0.25) is 0 Å². The number of hydrogen-bond donors (Lipinski definition) is 2. The summed E-state index contributed by atoms with van der Waals surface area (Å²) in [5, 5.41) is 13.0. The van der Waals surface area contributed by atoms with Gasteiger partial charge in [0.25, 0.3) is 0 Å². The van der Waals surface area contributed by atoms with Gasteiger partial charge in [0.05, 0.1) is 12.7 Å². The first kappa shape index (κ1) is 13.3. The lowest BCUT2D eigenvalue weighted by atomic mass is 10.2. The molecule has 4 heteroatoms. The third kappa shape index (κ3) is 4.39. The Labute approximate surface area is 101 Å². The van der Waals surface area contributed by atoms with Crippen molar-refractivity contribution in [2.24, 2.45) is 0 Å². The highest BCUT2D eigenvalue weighted by Crippen LogP contribution is 2.22. The molecule has 1 rings (SSSR count). The van der Waals surface area contributed by atoms with Crippen LogP contribution in [0, 0.1) is 0 Å². The molecule has 0 aromatic heterocycles. The molecule has 0 fully saturated rings. The van der Waals surface area contributed by atoms with Gasteiger partial charge in [-0.15, -0.1) is 0 Å². The molecule has 0 bridgehead atoms. The van der Waals surface area contributed by atoms with Crippen LogP contribution in [0.1, 0.15) is 19.4 Å². The lowest BCUT2D eigenvalue weighted by Crippen LogP contribution is -2.24. The van der Waals surface area contributed by atoms with Crippen molar-refractivity contribution in [1.82, 2.24) is 5.32 Å². The van der Waals surface area contributed by atoms with Crippen LogP contribution in [-0.4, -0.2) is 24.4 Å². The molecule has 1 aromatic rings. The average molecular weight is 244 g/mol. The molecule has 0 aliphatic rings. The second-order valence-electron chi connectivity index (χ2n) is 3.66. The highest BCUT2D eigenvalue weighted by atomic mass is 35.5. The standard InChI is InChI=1S/C12H18ClNO2/c1-3-16-12-5-4-11(13)6-10(12)8-14-7-9(2)15/h4-6,9,14-15H,3,7-8H2,1-2H3. The highest BCUT2D eigenvalue weighted by molar-refractivity contribution is 6.30. The van der Waals surface area contributed by atoms with Crippen molar-refractivity contribution < 1.29 is 9.84 Å². The van der Waals surface area contributed by atoms with Gasteiger partial charge in [-0.25, -0.2) is 0 Å². The molecule has 0 saturated heterocycles. The Kier molecular flexibility index (Phi) is 5.60. The number of hydrogen-bond acceptors (Lipinski definition) is 3. The number of aliphatic hydroxyl groups is 1. The first-order valence-electron chi connectivity index (χ1n) is 5.43. The molecule has 1 atom stereocenters. The van der Waals surface area contributed by atoms with Crippen molar-refractivity contribution in [3.8, 4) is 5.75 Å². The Hall–Kier alpha value is -0.770. The van der Waals surface area contributed by atoms with Crippen molar-refractivity contribution in [3.05, 3.63) is 28.8 Å². The molecule has 16 heavy (non-hydrogen) atoms. The summed E-state index contributed by atoms with van der Waals surface area (Å²) < 4.78 is 5.49. The molecule has 2 N–H and O–H groups in total. The van der Waals surface area contributed by atoms with E-state index in [1.807, 2.05) is 25.1 Å². The predicted molar refractivity (Wildman–Crippen MR) is 66.0 cm³/mol. The highest BCUT2D eigenvalue weighted by Gasteiger charge is 2.04. The fourth-order valence-electron chi connectivity index (χ4n) is 1.40. The van der Waals surface area contributed by atoms with Gasteiger partial charge < -0.3 is 15.2 Å². The SMILES string of the molecule is CCOc1ccc(Cl)cc1CNCC(C)O. The molecule has 90 valence electrons. The van der Waals surface area contributed by atoms with Crippen LogP contribution in [0.15, 0.2) is 18.2 Å². The van der Waals surface area contributed by atoms with E-state index in [0.717, 1.165) is 11.3 Å². The molecule has 0 aliphatic carbocycles. The normalized spacial score (nSPS) is 12.5. The monoisotopic (exact) mass is 243 g/mol. The molecule has 0 heterocycles. The summed E-state index contributed by atoms with van der Waals surface area (Å²) in [6, 6.07) is 5.55. The maximum absolute atomic E-state index is 9.14. The molecule has 3 nitrogen and oxygen atoms in total. The maximum atomic E-state index is 9.14. The van der Waals surface area contributed by atoms with Crippen molar-refractivity contribution >= 4 is 11.6 Å². The number of ether oxygens (including phenoxy) is 1. The number of benzene rings is 1. The minimum Gasteiger partial charge on any atom is -0.494 e. The Morgan fingerprint density at radius 3 is 2.88 bits per heavy atom. The van der Waals surface area contributed by atoms with E-state index in [-0.39, 0.29) is 6.10 Å². The Bertz CT molecular complexity index is 329. The van der Waals surface area contributed by atoms with E-state index in [2.05, 4.69) is 5.32 Å². The summed E-state index contributed by atoms with van der Waals surface area (Å²) in [6.45, 7) is 5.51. The first-order valence-corrected chi connectivity index (χ1v) is 5.81. The second-order valence-corrected chi connectivity index (χ2v) is 4.10. The van der Waals surface area contributed by atoms with Crippen LogP contribution in [0.4, 0.5) is 0 Å². The zero-order valence-corrected chi connectivity index (χ0v) is 10.4. The maximum Gasteiger partial charge on any atom is 0.123 e. The minimum absolute atomic E-state index is 0.352. The fraction of sp³-hybridized carbons (Fsp3) is 0.500. The Balaban J connectivity index is 2.64. The first-order chi connectivity index (χ1) is 7.63. The van der Waals surface area contributed by atoms with Crippen LogP contribution in [0.3, 0.4) is 0 Å². The molecule has 0 aliphatic heterocycles. The second kappa shape index (κ2) is 6.74. The minimum atomic E-state index is -0.352. The zero-order chi connectivity index (χ0) is 12.0. The van der Waals surface area contributed by atoms with Gasteiger partial charge in [-0.2, -0.15) is 0 Å². The van der Waals surface area contributed by atoms with E-state index in [4.69, 9.17) is 21.4 Å². The largest absolute Gasteiger partial charge is 0.494 e. The van der Waals surface area contributed by atoms with E-state index in [1.54, 1.807) is 6.92 Å². The van der Waals surface area contributed by atoms with Crippen LogP contribution in [0.2, 0.25) is 5.02 Å². The van der Waals surface area contributed by atoms with Gasteiger partial charge in [0, 0.05) is 23.7 Å². The van der Waals surface area contributed by atoms with Crippen LogP contribution in [-0.2, 0) is 6.54 Å². The zero-order valence-electron chi connectivity index (χ0n) is 9.66. The van der Waals surface area contributed by atoms with Gasteiger partial charge in [-0.05, 0) is 32.0 Å². The van der Waals surface area contributed by atoms with Crippen molar-refractivity contribution in [1.29, 1.82) is 0 Å². The average Bonchev–Trinajstić information content (AvgIpc) is 2.21. The van der Waals surface area contributed by atoms with Crippen molar-refractivity contribution in [3.63, 3.8) is 0 Å². The van der Waals surface area contributed by atoms with Crippen LogP contribution in [0.5, 0.6) is 5.75 Å². The van der Waals surface area contributed by atoms with E-state index < -0.39 is 0 Å². The molecule has 0 spiro atoms. The summed E-state index contributed by atoms with van der Waals surface area (Å²) in [4.78, 5) is 0. The number of aliphatic hydroxyl groups excluding tert-OH is 1. The smallest absolute Gasteiger partial charge is 0.123 e. The molecule has 1 unspecified atom stereocenters. The summed E-state index contributed by atoms with van der Waals surface area (Å²) in [7, 11) is 0.